The van der Waals surface area contributed by atoms with E-state index in [4.69, 9.17) is 5.11 Å². The van der Waals surface area contributed by atoms with Crippen molar-refractivity contribution < 1.29 is 14.7 Å². The zero-order valence-electron chi connectivity index (χ0n) is 8.70. The van der Waals surface area contributed by atoms with Crippen LogP contribution in [0.15, 0.2) is 0 Å². The molecule has 0 rings (SSSR count). The fourth-order valence-electron chi connectivity index (χ4n) is 1.35. The minimum atomic E-state index is -1.31. The lowest BCUT2D eigenvalue weighted by Crippen LogP contribution is -2.28. The van der Waals surface area contributed by atoms with Crippen LogP contribution in [0.2, 0.25) is 0 Å². The molecule has 0 heterocycles. The van der Waals surface area contributed by atoms with Crippen LogP contribution < -0.4 is 0 Å². The zero-order valence-corrected chi connectivity index (χ0v) is 8.70. The van der Waals surface area contributed by atoms with Crippen LogP contribution in [0.3, 0.4) is 0 Å². The number of carbonyl (C=O) groups excluding carboxylic acids is 1. The largest absolute Gasteiger partial charge is 0.475 e. The van der Waals surface area contributed by atoms with Gasteiger partial charge in [0.25, 0.3) is 0 Å². The summed E-state index contributed by atoms with van der Waals surface area (Å²) in [5.74, 6) is -1.83. The van der Waals surface area contributed by atoms with E-state index in [1.165, 1.54) is 0 Å². The van der Waals surface area contributed by atoms with Gasteiger partial charge in [-0.1, -0.05) is 27.7 Å². The highest BCUT2D eigenvalue weighted by Gasteiger charge is 2.27. The lowest BCUT2D eigenvalue weighted by molar-refractivity contribution is -0.152. The quantitative estimate of drug-likeness (QED) is 0.668. The van der Waals surface area contributed by atoms with Crippen LogP contribution in [0.1, 0.15) is 34.1 Å². The standard InChI is InChI=1S/C10H18O3/c1-6(2)5-8(7(3)4)9(11)10(12)13/h6-8H,5H2,1-4H3,(H,12,13)/t8-/m0/s1. The maximum absolute atomic E-state index is 11.2. The van der Waals surface area contributed by atoms with Crippen LogP contribution in [0.5, 0.6) is 0 Å². The molecule has 0 fully saturated rings. The number of ketones is 1. The molecule has 0 bridgehead atoms. The molecule has 0 radical (unpaired) electrons. The first kappa shape index (κ1) is 12.1. The predicted molar refractivity (Wildman–Crippen MR) is 50.4 cm³/mol. The van der Waals surface area contributed by atoms with Crippen molar-refractivity contribution in [1.29, 1.82) is 0 Å². The summed E-state index contributed by atoms with van der Waals surface area (Å²) in [7, 11) is 0. The molecule has 3 heteroatoms. The van der Waals surface area contributed by atoms with Gasteiger partial charge in [0.1, 0.15) is 0 Å². The normalized spacial score (nSPS) is 13.4. The highest BCUT2D eigenvalue weighted by atomic mass is 16.4. The molecule has 0 saturated heterocycles. The summed E-state index contributed by atoms with van der Waals surface area (Å²) >= 11 is 0. The fraction of sp³-hybridized carbons (Fsp3) is 0.800. The molecule has 0 aromatic rings. The van der Waals surface area contributed by atoms with E-state index in [-0.39, 0.29) is 11.8 Å². The minimum absolute atomic E-state index is 0.103. The van der Waals surface area contributed by atoms with Crippen molar-refractivity contribution >= 4 is 11.8 Å². The molecular weight excluding hydrogens is 168 g/mol. The topological polar surface area (TPSA) is 54.4 Å². The monoisotopic (exact) mass is 186 g/mol. The van der Waals surface area contributed by atoms with Gasteiger partial charge in [0, 0.05) is 5.92 Å². The maximum atomic E-state index is 11.2. The Labute approximate surface area is 79.1 Å². The van der Waals surface area contributed by atoms with E-state index >= 15 is 0 Å². The van der Waals surface area contributed by atoms with Gasteiger partial charge in [-0.2, -0.15) is 0 Å². The van der Waals surface area contributed by atoms with Gasteiger partial charge in [-0.3, -0.25) is 4.79 Å². The molecule has 13 heavy (non-hydrogen) atoms. The molecular formula is C10H18O3. The molecule has 1 atom stereocenters. The number of rotatable bonds is 5. The first-order chi connectivity index (χ1) is 5.86. The molecule has 0 unspecified atom stereocenters. The number of Topliss-reactive ketones (excluding diaryl/α,β-unsaturated/α-hetero) is 1. The highest BCUT2D eigenvalue weighted by molar-refractivity contribution is 6.33. The van der Waals surface area contributed by atoms with Gasteiger partial charge < -0.3 is 5.11 Å². The minimum Gasteiger partial charge on any atom is -0.475 e. The average Bonchev–Trinajstić information content (AvgIpc) is 1.97. The summed E-state index contributed by atoms with van der Waals surface area (Å²) in [6, 6.07) is 0. The van der Waals surface area contributed by atoms with Gasteiger partial charge in [-0.25, -0.2) is 4.79 Å². The fourth-order valence-corrected chi connectivity index (χ4v) is 1.35. The third-order valence-electron chi connectivity index (χ3n) is 2.08. The van der Waals surface area contributed by atoms with Crippen molar-refractivity contribution in [2.75, 3.05) is 0 Å². The molecule has 0 spiro atoms. The smallest absolute Gasteiger partial charge is 0.372 e. The van der Waals surface area contributed by atoms with E-state index in [2.05, 4.69) is 0 Å². The SMILES string of the molecule is CC(C)C[C@H](C(=O)C(=O)O)C(C)C. The summed E-state index contributed by atoms with van der Waals surface area (Å²) in [6.07, 6.45) is 0.656. The molecule has 1 N–H and O–H groups in total. The van der Waals surface area contributed by atoms with E-state index in [9.17, 15) is 9.59 Å². The molecule has 0 aliphatic rings. The third kappa shape index (κ3) is 4.06. The van der Waals surface area contributed by atoms with E-state index in [0.717, 1.165) is 0 Å². The Balaban J connectivity index is 4.42. The van der Waals surface area contributed by atoms with Gasteiger partial charge >= 0.3 is 5.97 Å². The zero-order chi connectivity index (χ0) is 10.6. The molecule has 0 aliphatic heterocycles. The van der Waals surface area contributed by atoms with Crippen LogP contribution in [0.25, 0.3) is 0 Å². The number of carboxylic acids is 1. The van der Waals surface area contributed by atoms with Crippen LogP contribution >= 0.6 is 0 Å². The van der Waals surface area contributed by atoms with Crippen LogP contribution in [-0.4, -0.2) is 16.9 Å². The van der Waals surface area contributed by atoms with Crippen molar-refractivity contribution in [3.05, 3.63) is 0 Å². The first-order valence-corrected chi connectivity index (χ1v) is 4.63. The van der Waals surface area contributed by atoms with Gasteiger partial charge in [-0.05, 0) is 18.3 Å². The lowest BCUT2D eigenvalue weighted by atomic mass is 9.84. The van der Waals surface area contributed by atoms with Gasteiger partial charge in [0.05, 0.1) is 0 Å². The number of hydrogen-bond acceptors (Lipinski definition) is 2. The van der Waals surface area contributed by atoms with E-state index < -0.39 is 11.8 Å². The van der Waals surface area contributed by atoms with Gasteiger partial charge in [-0.15, -0.1) is 0 Å². The molecule has 0 aliphatic carbocycles. The summed E-state index contributed by atoms with van der Waals surface area (Å²) in [5.41, 5.74) is 0. The molecule has 0 saturated carbocycles. The summed E-state index contributed by atoms with van der Waals surface area (Å²) in [6.45, 7) is 7.75. The van der Waals surface area contributed by atoms with Crippen molar-refractivity contribution in [1.82, 2.24) is 0 Å². The number of aliphatic carboxylic acids is 1. The van der Waals surface area contributed by atoms with E-state index in [1.807, 2.05) is 27.7 Å². The number of carboxylic acid groups (broad SMARTS) is 1. The molecule has 0 aromatic heterocycles. The second-order valence-corrected chi connectivity index (χ2v) is 4.15. The summed E-state index contributed by atoms with van der Waals surface area (Å²) in [4.78, 5) is 21.7. The number of hydrogen-bond donors (Lipinski definition) is 1. The average molecular weight is 186 g/mol. The van der Waals surface area contributed by atoms with Gasteiger partial charge in [0.15, 0.2) is 0 Å². The highest BCUT2D eigenvalue weighted by Crippen LogP contribution is 2.21. The van der Waals surface area contributed by atoms with Gasteiger partial charge in [0.2, 0.25) is 5.78 Å². The second kappa shape index (κ2) is 5.00. The van der Waals surface area contributed by atoms with Crippen LogP contribution in [0, 0.1) is 17.8 Å². The Hall–Kier alpha value is -0.860. The Morgan fingerprint density at radius 1 is 1.15 bits per heavy atom. The predicted octanol–water partition coefficient (Wildman–Crippen LogP) is 1.96. The Morgan fingerprint density at radius 3 is 1.85 bits per heavy atom. The van der Waals surface area contributed by atoms with Crippen molar-refractivity contribution in [2.45, 2.75) is 34.1 Å². The molecule has 0 amide bonds. The molecule has 76 valence electrons. The van der Waals surface area contributed by atoms with Crippen molar-refractivity contribution in [3.8, 4) is 0 Å². The lowest BCUT2D eigenvalue weighted by Gasteiger charge is -2.19. The van der Waals surface area contributed by atoms with Crippen LogP contribution in [-0.2, 0) is 9.59 Å². The third-order valence-corrected chi connectivity index (χ3v) is 2.08. The van der Waals surface area contributed by atoms with Crippen molar-refractivity contribution in [3.63, 3.8) is 0 Å². The molecule has 0 aromatic carbocycles. The van der Waals surface area contributed by atoms with Crippen LogP contribution in [0.4, 0.5) is 0 Å². The Bertz CT molecular complexity index is 194. The Kier molecular flexibility index (Phi) is 4.67. The molecule has 3 nitrogen and oxygen atoms in total. The number of carbonyl (C=O) groups is 2. The summed E-state index contributed by atoms with van der Waals surface area (Å²) < 4.78 is 0. The van der Waals surface area contributed by atoms with Crippen molar-refractivity contribution in [2.24, 2.45) is 17.8 Å². The summed E-state index contributed by atoms with van der Waals surface area (Å²) in [5, 5.41) is 8.56. The first-order valence-electron chi connectivity index (χ1n) is 4.63. The second-order valence-electron chi connectivity index (χ2n) is 4.15. The Morgan fingerprint density at radius 2 is 1.62 bits per heavy atom. The maximum Gasteiger partial charge on any atom is 0.372 e. The van der Waals surface area contributed by atoms with E-state index in [0.29, 0.717) is 12.3 Å². The van der Waals surface area contributed by atoms with E-state index in [1.54, 1.807) is 0 Å².